The first-order valence-electron chi connectivity index (χ1n) is 11.6. The van der Waals surface area contributed by atoms with Gasteiger partial charge in [0, 0.05) is 12.2 Å². The van der Waals surface area contributed by atoms with Crippen molar-refractivity contribution in [3.63, 3.8) is 0 Å². The predicted molar refractivity (Wildman–Crippen MR) is 131 cm³/mol. The van der Waals surface area contributed by atoms with Crippen LogP contribution in [-0.2, 0) is 12.4 Å². The van der Waals surface area contributed by atoms with E-state index < -0.39 is 35.2 Å². The van der Waals surface area contributed by atoms with Crippen LogP contribution in [0.25, 0.3) is 12.2 Å². The van der Waals surface area contributed by atoms with Crippen LogP contribution in [0.5, 0.6) is 0 Å². The number of likely N-dealkylation sites (tertiary alicyclic amines) is 1. The molecule has 4 rings (SSSR count). The van der Waals surface area contributed by atoms with E-state index in [1.54, 1.807) is 0 Å². The molecule has 1 aliphatic heterocycles. The van der Waals surface area contributed by atoms with Gasteiger partial charge in [-0.3, -0.25) is 0 Å². The van der Waals surface area contributed by atoms with Gasteiger partial charge in [0.05, 0.1) is 17.2 Å². The van der Waals surface area contributed by atoms with Crippen LogP contribution in [0.3, 0.4) is 0 Å². The maximum Gasteiger partial charge on any atom is 0.416 e. The number of carbonyl (C=O) groups is 1. The normalized spacial score (nSPS) is 18.4. The third-order valence-electron chi connectivity index (χ3n) is 6.20. The van der Waals surface area contributed by atoms with Crippen molar-refractivity contribution in [2.24, 2.45) is 5.92 Å². The van der Waals surface area contributed by atoms with E-state index in [2.05, 4.69) is 5.32 Å². The van der Waals surface area contributed by atoms with E-state index in [1.807, 2.05) is 73.7 Å². The Balaban J connectivity index is 1.53. The van der Waals surface area contributed by atoms with Crippen molar-refractivity contribution in [3.05, 3.63) is 101 Å². The first kappa shape index (κ1) is 26.3. The lowest BCUT2D eigenvalue weighted by Crippen LogP contribution is -2.35. The molecule has 1 fully saturated rings. The quantitative estimate of drug-likeness (QED) is 0.273. The average molecular weight is 519 g/mol. The zero-order valence-electron chi connectivity index (χ0n) is 19.8. The Morgan fingerprint density at radius 1 is 0.838 bits per heavy atom. The fourth-order valence-electron chi connectivity index (χ4n) is 4.39. The molecule has 0 aliphatic carbocycles. The molecule has 3 aromatic rings. The summed E-state index contributed by atoms with van der Waals surface area (Å²) in [5.41, 5.74) is -0.713. The number of nitrogens with one attached hydrogen (secondary N) is 1. The molecule has 37 heavy (non-hydrogen) atoms. The summed E-state index contributed by atoms with van der Waals surface area (Å²) in [5, 5.41) is 2.25. The van der Waals surface area contributed by atoms with Gasteiger partial charge in [-0.2, -0.15) is 26.3 Å². The summed E-state index contributed by atoms with van der Waals surface area (Å²) in [5.74, 6) is 0.0978. The summed E-state index contributed by atoms with van der Waals surface area (Å²) < 4.78 is 79.2. The highest BCUT2D eigenvalue weighted by atomic mass is 19.4. The van der Waals surface area contributed by atoms with E-state index in [4.69, 9.17) is 0 Å². The minimum absolute atomic E-state index is 0.0319. The highest BCUT2D eigenvalue weighted by molar-refractivity contribution is 5.90. The fraction of sp³-hybridized carbons (Fsp3) is 0.250. The summed E-state index contributed by atoms with van der Waals surface area (Å²) in [4.78, 5) is 14.5. The average Bonchev–Trinajstić information content (AvgIpc) is 3.24. The lowest BCUT2D eigenvalue weighted by Gasteiger charge is -2.26. The van der Waals surface area contributed by atoms with Crippen molar-refractivity contribution in [2.75, 3.05) is 11.9 Å². The molecule has 3 nitrogen and oxygen atoms in total. The zero-order valence-corrected chi connectivity index (χ0v) is 19.8. The highest BCUT2D eigenvalue weighted by Crippen LogP contribution is 2.39. The number of benzene rings is 3. The van der Waals surface area contributed by atoms with Gasteiger partial charge in [0.1, 0.15) is 0 Å². The van der Waals surface area contributed by atoms with Crippen LogP contribution in [0, 0.1) is 5.92 Å². The predicted octanol–water partition coefficient (Wildman–Crippen LogP) is 8.51. The lowest BCUT2D eigenvalue weighted by atomic mass is 9.99. The van der Waals surface area contributed by atoms with Crippen LogP contribution in [0.4, 0.5) is 36.8 Å². The van der Waals surface area contributed by atoms with Crippen LogP contribution in [0.1, 0.15) is 47.2 Å². The first-order valence-corrected chi connectivity index (χ1v) is 11.6. The molecule has 0 saturated carbocycles. The second-order valence-corrected chi connectivity index (χ2v) is 9.14. The van der Waals surface area contributed by atoms with Crippen molar-refractivity contribution < 1.29 is 31.1 Å². The number of anilines is 1. The Morgan fingerprint density at radius 2 is 1.38 bits per heavy atom. The highest BCUT2D eigenvalue weighted by Gasteiger charge is 2.38. The van der Waals surface area contributed by atoms with Crippen LogP contribution >= 0.6 is 0 Å². The van der Waals surface area contributed by atoms with E-state index in [-0.39, 0.29) is 18.0 Å². The second-order valence-electron chi connectivity index (χ2n) is 9.14. The Labute approximate surface area is 210 Å². The largest absolute Gasteiger partial charge is 0.416 e. The molecule has 1 heterocycles. The van der Waals surface area contributed by atoms with Gasteiger partial charge < -0.3 is 10.2 Å². The number of halogens is 6. The smallest absolute Gasteiger partial charge is 0.317 e. The minimum Gasteiger partial charge on any atom is -0.317 e. The summed E-state index contributed by atoms with van der Waals surface area (Å²) in [6.45, 7) is 2.25. The van der Waals surface area contributed by atoms with Gasteiger partial charge in [0.15, 0.2) is 0 Å². The van der Waals surface area contributed by atoms with Crippen molar-refractivity contribution in [1.82, 2.24) is 4.90 Å². The molecular weight excluding hydrogens is 494 g/mol. The summed E-state index contributed by atoms with van der Waals surface area (Å²) in [6, 6.07) is 17.2. The Bertz CT molecular complexity index is 1230. The number of hydrogen-bond donors (Lipinski definition) is 1. The second kappa shape index (κ2) is 10.3. The first-order chi connectivity index (χ1) is 17.4. The van der Waals surface area contributed by atoms with Crippen molar-refractivity contribution in [3.8, 4) is 0 Å². The topological polar surface area (TPSA) is 32.3 Å². The molecule has 0 aromatic heterocycles. The van der Waals surface area contributed by atoms with Gasteiger partial charge in [-0.05, 0) is 47.2 Å². The number of urea groups is 1. The molecule has 3 aromatic carbocycles. The van der Waals surface area contributed by atoms with Gasteiger partial charge in [-0.25, -0.2) is 4.79 Å². The third kappa shape index (κ3) is 6.53. The van der Waals surface area contributed by atoms with Gasteiger partial charge in [0.2, 0.25) is 0 Å². The van der Waals surface area contributed by atoms with Crippen molar-refractivity contribution >= 4 is 23.9 Å². The monoisotopic (exact) mass is 518 g/mol. The zero-order chi connectivity index (χ0) is 26.8. The van der Waals surface area contributed by atoms with Crippen molar-refractivity contribution in [2.45, 2.75) is 31.7 Å². The lowest BCUT2D eigenvalue weighted by molar-refractivity contribution is -0.143. The molecule has 1 unspecified atom stereocenters. The van der Waals surface area contributed by atoms with Gasteiger partial charge >= 0.3 is 18.4 Å². The number of carbonyl (C=O) groups excluding carboxylic acids is 1. The van der Waals surface area contributed by atoms with Gasteiger partial charge in [0.25, 0.3) is 0 Å². The number of rotatable bonds is 4. The SMILES string of the molecule is CC1C[C@@H](c2ccc(/C=C/c3ccccc3)cc2)N(C(=O)Nc2cc(C(F)(F)F)cc(C(F)(F)F)c2)C1. The van der Waals surface area contributed by atoms with E-state index in [0.717, 1.165) is 16.7 Å². The standard InChI is InChI=1S/C28H24F6N2O/c1-18-13-25(21-11-9-20(10-12-21)8-7-19-5-3-2-4-6-19)36(17-18)26(37)35-24-15-22(27(29,30)31)14-23(16-24)28(32,33)34/h2-12,14-16,18,25H,13,17H2,1H3,(H,35,37)/b8-7+/t18?,25-/m0/s1. The molecule has 194 valence electrons. The summed E-state index contributed by atoms with van der Waals surface area (Å²) in [6.07, 6.45) is -5.46. The molecule has 2 amide bonds. The number of amides is 2. The molecule has 0 bridgehead atoms. The minimum atomic E-state index is -5.00. The van der Waals surface area contributed by atoms with Gasteiger partial charge in [-0.1, -0.05) is 73.7 Å². The summed E-state index contributed by atoms with van der Waals surface area (Å²) >= 11 is 0. The Kier molecular flexibility index (Phi) is 7.34. The molecule has 1 saturated heterocycles. The van der Waals surface area contributed by atoms with E-state index >= 15 is 0 Å². The van der Waals surface area contributed by atoms with Crippen molar-refractivity contribution in [1.29, 1.82) is 0 Å². The molecule has 2 atom stereocenters. The molecule has 0 spiro atoms. The fourth-order valence-corrected chi connectivity index (χ4v) is 4.39. The maximum absolute atomic E-state index is 13.2. The Morgan fingerprint density at radius 3 is 1.92 bits per heavy atom. The molecule has 1 aliphatic rings. The van der Waals surface area contributed by atoms with Crippen LogP contribution in [0.2, 0.25) is 0 Å². The maximum atomic E-state index is 13.2. The van der Waals surface area contributed by atoms with Crippen LogP contribution in [-0.4, -0.2) is 17.5 Å². The van der Waals surface area contributed by atoms with Crippen LogP contribution < -0.4 is 5.32 Å². The van der Waals surface area contributed by atoms with Crippen LogP contribution in [0.15, 0.2) is 72.8 Å². The molecule has 1 N–H and O–H groups in total. The third-order valence-corrected chi connectivity index (χ3v) is 6.20. The van der Waals surface area contributed by atoms with E-state index in [0.29, 0.717) is 25.1 Å². The van der Waals surface area contributed by atoms with E-state index in [9.17, 15) is 31.1 Å². The van der Waals surface area contributed by atoms with E-state index in [1.165, 1.54) is 4.90 Å². The van der Waals surface area contributed by atoms with Gasteiger partial charge in [-0.15, -0.1) is 0 Å². The number of nitrogens with zero attached hydrogens (tertiary/aromatic N) is 1. The Hall–Kier alpha value is -3.75. The number of hydrogen-bond acceptors (Lipinski definition) is 1. The molecular formula is C28H24F6N2O. The molecule has 0 radical (unpaired) electrons. The summed E-state index contributed by atoms with van der Waals surface area (Å²) in [7, 11) is 0. The molecule has 9 heteroatoms. The number of alkyl halides is 6.